The molecular formula is C13H24N4O3S. The maximum Gasteiger partial charge on any atom is 0.244 e. The van der Waals surface area contributed by atoms with E-state index in [2.05, 4.69) is 20.2 Å². The van der Waals surface area contributed by atoms with E-state index in [1.54, 1.807) is 6.92 Å². The van der Waals surface area contributed by atoms with Crippen LogP contribution in [0.2, 0.25) is 0 Å². The van der Waals surface area contributed by atoms with Gasteiger partial charge in [0.2, 0.25) is 10.0 Å². The molecule has 1 aliphatic heterocycles. The summed E-state index contributed by atoms with van der Waals surface area (Å²) >= 11 is 0. The van der Waals surface area contributed by atoms with Crippen LogP contribution < -0.4 is 10.0 Å². The molecular weight excluding hydrogens is 292 g/mol. The average Bonchev–Trinajstić information content (AvgIpc) is 2.94. The van der Waals surface area contributed by atoms with Gasteiger partial charge < -0.3 is 10.1 Å². The molecule has 1 aliphatic rings. The fraction of sp³-hybridized carbons (Fsp3) is 0.769. The minimum Gasteiger partial charge on any atom is -0.377 e. The number of aromatic nitrogens is 2. The molecule has 0 spiro atoms. The SMILES string of the molecule is Cc1[nH]nc(CNC(C)C)c1S(=O)(=O)NC1CCOC1C. The van der Waals surface area contributed by atoms with Gasteiger partial charge in [0.05, 0.1) is 23.5 Å². The molecule has 3 N–H and O–H groups in total. The summed E-state index contributed by atoms with van der Waals surface area (Å²) in [6.45, 7) is 8.60. The minimum atomic E-state index is -3.61. The van der Waals surface area contributed by atoms with E-state index in [0.29, 0.717) is 31.0 Å². The van der Waals surface area contributed by atoms with E-state index in [1.165, 1.54) is 0 Å². The molecule has 8 heteroatoms. The van der Waals surface area contributed by atoms with Gasteiger partial charge in [-0.3, -0.25) is 5.10 Å². The summed E-state index contributed by atoms with van der Waals surface area (Å²) in [6, 6.07) is 0.0731. The fourth-order valence-corrected chi connectivity index (χ4v) is 4.09. The van der Waals surface area contributed by atoms with E-state index in [-0.39, 0.29) is 23.1 Å². The Balaban J connectivity index is 2.20. The molecule has 0 aromatic carbocycles. The zero-order chi connectivity index (χ0) is 15.6. The topological polar surface area (TPSA) is 96.1 Å². The molecule has 1 fully saturated rings. The summed E-state index contributed by atoms with van der Waals surface area (Å²) < 4.78 is 33.4. The van der Waals surface area contributed by atoms with E-state index in [9.17, 15) is 8.42 Å². The predicted molar refractivity (Wildman–Crippen MR) is 79.4 cm³/mol. The van der Waals surface area contributed by atoms with Gasteiger partial charge in [0.1, 0.15) is 4.90 Å². The van der Waals surface area contributed by atoms with Gasteiger partial charge in [-0.05, 0) is 20.3 Å². The first kappa shape index (κ1) is 16.4. The fourth-order valence-electron chi connectivity index (χ4n) is 2.39. The van der Waals surface area contributed by atoms with Gasteiger partial charge in [0.15, 0.2) is 0 Å². The number of rotatable bonds is 6. The van der Waals surface area contributed by atoms with Crippen LogP contribution in [0.5, 0.6) is 0 Å². The minimum absolute atomic E-state index is 0.107. The molecule has 2 atom stereocenters. The Hall–Kier alpha value is -0.960. The maximum absolute atomic E-state index is 12.6. The molecule has 2 rings (SSSR count). The number of hydrogen-bond acceptors (Lipinski definition) is 5. The van der Waals surface area contributed by atoms with Crippen LogP contribution in [0.15, 0.2) is 4.90 Å². The Morgan fingerprint density at radius 3 is 2.76 bits per heavy atom. The Kier molecular flexibility index (Phi) is 5.03. The Morgan fingerprint density at radius 1 is 1.48 bits per heavy atom. The van der Waals surface area contributed by atoms with Crippen molar-refractivity contribution in [2.24, 2.45) is 0 Å². The molecule has 1 aromatic heterocycles. The zero-order valence-electron chi connectivity index (χ0n) is 12.9. The third kappa shape index (κ3) is 3.82. The number of aromatic amines is 1. The lowest BCUT2D eigenvalue weighted by atomic mass is 10.2. The highest BCUT2D eigenvalue weighted by Gasteiger charge is 2.32. The molecule has 0 aliphatic carbocycles. The zero-order valence-corrected chi connectivity index (χ0v) is 13.8. The number of H-pyrrole nitrogens is 1. The molecule has 1 saturated heterocycles. The monoisotopic (exact) mass is 316 g/mol. The van der Waals surface area contributed by atoms with Crippen LogP contribution in [0.4, 0.5) is 0 Å². The summed E-state index contributed by atoms with van der Waals surface area (Å²) in [7, 11) is -3.61. The first-order chi connectivity index (χ1) is 9.81. The smallest absolute Gasteiger partial charge is 0.244 e. The van der Waals surface area contributed by atoms with Gasteiger partial charge in [-0.1, -0.05) is 13.8 Å². The molecule has 2 heterocycles. The third-order valence-electron chi connectivity index (χ3n) is 3.59. The second kappa shape index (κ2) is 6.43. The van der Waals surface area contributed by atoms with Crippen molar-refractivity contribution in [2.75, 3.05) is 6.61 Å². The highest BCUT2D eigenvalue weighted by Crippen LogP contribution is 2.21. The molecule has 0 saturated carbocycles. The molecule has 7 nitrogen and oxygen atoms in total. The molecule has 2 unspecified atom stereocenters. The number of sulfonamides is 1. The predicted octanol–water partition coefficient (Wildman–Crippen LogP) is 0.672. The number of nitrogens with one attached hydrogen (secondary N) is 3. The van der Waals surface area contributed by atoms with Crippen molar-refractivity contribution in [1.82, 2.24) is 20.2 Å². The van der Waals surface area contributed by atoms with Crippen LogP contribution in [0.1, 0.15) is 38.6 Å². The number of nitrogens with zero attached hydrogens (tertiary/aromatic N) is 1. The summed E-state index contributed by atoms with van der Waals surface area (Å²) in [4.78, 5) is 0.245. The highest BCUT2D eigenvalue weighted by atomic mass is 32.2. The third-order valence-corrected chi connectivity index (χ3v) is 5.28. The normalized spacial score (nSPS) is 23.1. The van der Waals surface area contributed by atoms with Crippen molar-refractivity contribution in [2.45, 2.75) is 63.7 Å². The standard InChI is InChI=1S/C13H24N4O3S/c1-8(2)14-7-12-13(9(3)15-16-12)21(18,19)17-11-5-6-20-10(11)4/h8,10-11,14,17H,5-7H2,1-4H3,(H,15,16). The molecule has 0 amide bonds. The van der Waals surface area contributed by atoms with Gasteiger partial charge in [-0.25, -0.2) is 13.1 Å². The summed E-state index contributed by atoms with van der Waals surface area (Å²) in [6.07, 6.45) is 0.584. The second-order valence-electron chi connectivity index (χ2n) is 5.75. The van der Waals surface area contributed by atoms with Crippen molar-refractivity contribution in [3.8, 4) is 0 Å². The van der Waals surface area contributed by atoms with Gasteiger partial charge in [0, 0.05) is 19.2 Å². The van der Waals surface area contributed by atoms with Crippen molar-refractivity contribution >= 4 is 10.0 Å². The quantitative estimate of drug-likeness (QED) is 0.717. The Bertz CT molecular complexity index is 582. The summed E-state index contributed by atoms with van der Waals surface area (Å²) in [5.41, 5.74) is 1.06. The molecule has 21 heavy (non-hydrogen) atoms. The largest absolute Gasteiger partial charge is 0.377 e. The van der Waals surface area contributed by atoms with Gasteiger partial charge >= 0.3 is 0 Å². The van der Waals surface area contributed by atoms with E-state index in [1.807, 2.05) is 20.8 Å². The van der Waals surface area contributed by atoms with E-state index in [0.717, 1.165) is 0 Å². The lowest BCUT2D eigenvalue weighted by molar-refractivity contribution is 0.117. The van der Waals surface area contributed by atoms with Crippen molar-refractivity contribution in [3.63, 3.8) is 0 Å². The molecule has 0 bridgehead atoms. The second-order valence-corrected chi connectivity index (χ2v) is 7.40. The first-order valence-electron chi connectivity index (χ1n) is 7.22. The first-order valence-corrected chi connectivity index (χ1v) is 8.70. The van der Waals surface area contributed by atoms with Crippen molar-refractivity contribution < 1.29 is 13.2 Å². The Morgan fingerprint density at radius 2 is 2.19 bits per heavy atom. The summed E-state index contributed by atoms with van der Waals surface area (Å²) in [5.74, 6) is 0. The van der Waals surface area contributed by atoms with Crippen LogP contribution in [0, 0.1) is 6.92 Å². The van der Waals surface area contributed by atoms with Crippen LogP contribution in [-0.4, -0.2) is 43.4 Å². The van der Waals surface area contributed by atoms with Crippen molar-refractivity contribution in [3.05, 3.63) is 11.4 Å². The van der Waals surface area contributed by atoms with Crippen molar-refractivity contribution in [1.29, 1.82) is 0 Å². The highest BCUT2D eigenvalue weighted by molar-refractivity contribution is 7.89. The van der Waals surface area contributed by atoms with Gasteiger partial charge in [0.25, 0.3) is 0 Å². The average molecular weight is 316 g/mol. The van der Waals surface area contributed by atoms with E-state index >= 15 is 0 Å². The van der Waals surface area contributed by atoms with Crippen LogP contribution in [-0.2, 0) is 21.3 Å². The number of hydrogen-bond donors (Lipinski definition) is 3. The van der Waals surface area contributed by atoms with Crippen LogP contribution in [0.25, 0.3) is 0 Å². The van der Waals surface area contributed by atoms with Gasteiger partial charge in [-0.2, -0.15) is 5.10 Å². The van der Waals surface area contributed by atoms with Gasteiger partial charge in [-0.15, -0.1) is 0 Å². The summed E-state index contributed by atoms with van der Waals surface area (Å²) in [5, 5.41) is 10.1. The van der Waals surface area contributed by atoms with Crippen LogP contribution >= 0.6 is 0 Å². The lowest BCUT2D eigenvalue weighted by Crippen LogP contribution is -2.39. The maximum atomic E-state index is 12.6. The molecule has 120 valence electrons. The number of aryl methyl sites for hydroxylation is 1. The molecule has 0 radical (unpaired) electrons. The van der Waals surface area contributed by atoms with Crippen LogP contribution in [0.3, 0.4) is 0 Å². The van der Waals surface area contributed by atoms with E-state index < -0.39 is 10.0 Å². The molecule has 1 aromatic rings. The van der Waals surface area contributed by atoms with E-state index in [4.69, 9.17) is 4.74 Å². The lowest BCUT2D eigenvalue weighted by Gasteiger charge is -2.17. The Labute approximate surface area is 125 Å². The number of ether oxygens (including phenoxy) is 1.